The fourth-order valence-electron chi connectivity index (χ4n) is 2.84. The summed E-state index contributed by atoms with van der Waals surface area (Å²) in [5.41, 5.74) is 1.81. The van der Waals surface area contributed by atoms with Gasteiger partial charge in [-0.3, -0.25) is 19.3 Å². The Balaban J connectivity index is 1.47. The zero-order chi connectivity index (χ0) is 18.0. The van der Waals surface area contributed by atoms with Crippen molar-refractivity contribution >= 4 is 29.1 Å². The highest BCUT2D eigenvalue weighted by atomic mass is 32.1. The van der Waals surface area contributed by atoms with Crippen molar-refractivity contribution in [3.05, 3.63) is 51.0 Å². The number of amides is 3. The van der Waals surface area contributed by atoms with Gasteiger partial charge in [0.1, 0.15) is 0 Å². The van der Waals surface area contributed by atoms with Crippen LogP contribution in [0.5, 0.6) is 0 Å². The van der Waals surface area contributed by atoms with Gasteiger partial charge in [-0.2, -0.15) is 0 Å². The van der Waals surface area contributed by atoms with Gasteiger partial charge in [0.15, 0.2) is 0 Å². The molecule has 1 aromatic heterocycles. The number of nitrogens with zero attached hydrogens (tertiary/aromatic N) is 2. The number of aryl methyl sites for hydroxylation is 2. The number of carbonyl (C=O) groups is 3. The van der Waals surface area contributed by atoms with Gasteiger partial charge in [-0.15, -0.1) is 11.3 Å². The molecule has 1 aliphatic rings. The van der Waals surface area contributed by atoms with Crippen LogP contribution in [0.15, 0.2) is 24.3 Å². The monoisotopic (exact) mass is 357 g/mol. The molecule has 1 N–H and O–H groups in total. The number of benzene rings is 1. The number of fused-ring (bicyclic) bond motifs is 1. The van der Waals surface area contributed by atoms with Crippen molar-refractivity contribution in [2.45, 2.75) is 33.2 Å². The number of hydrogen-bond acceptors (Lipinski definition) is 5. The molecule has 0 fully saturated rings. The average Bonchev–Trinajstić information content (AvgIpc) is 3.04. The van der Waals surface area contributed by atoms with Crippen LogP contribution in [-0.2, 0) is 11.3 Å². The van der Waals surface area contributed by atoms with Crippen LogP contribution >= 0.6 is 11.3 Å². The summed E-state index contributed by atoms with van der Waals surface area (Å²) in [5.74, 6) is -0.657. The molecule has 0 spiro atoms. The molecule has 7 heteroatoms. The highest BCUT2D eigenvalue weighted by molar-refractivity contribution is 7.11. The summed E-state index contributed by atoms with van der Waals surface area (Å²) in [7, 11) is 0. The molecule has 2 aromatic rings. The summed E-state index contributed by atoms with van der Waals surface area (Å²) < 4.78 is 0. The van der Waals surface area contributed by atoms with Crippen LogP contribution in [0.1, 0.15) is 49.1 Å². The summed E-state index contributed by atoms with van der Waals surface area (Å²) in [5, 5.41) is 3.84. The number of thiazole rings is 1. The molecule has 0 unspecified atom stereocenters. The summed E-state index contributed by atoms with van der Waals surface area (Å²) >= 11 is 1.57. The first-order valence-electron chi connectivity index (χ1n) is 8.12. The average molecular weight is 357 g/mol. The third-order valence-corrected chi connectivity index (χ3v) is 5.18. The fourth-order valence-corrected chi connectivity index (χ4v) is 3.72. The molecule has 130 valence electrons. The summed E-state index contributed by atoms with van der Waals surface area (Å²) in [4.78, 5) is 43.0. The van der Waals surface area contributed by atoms with Gasteiger partial charge < -0.3 is 5.32 Å². The Morgan fingerprint density at radius 3 is 2.36 bits per heavy atom. The number of imide groups is 1. The van der Waals surface area contributed by atoms with Gasteiger partial charge in [0.25, 0.3) is 11.8 Å². The maximum Gasteiger partial charge on any atom is 0.261 e. The Hall–Kier alpha value is -2.54. The Bertz CT molecular complexity index is 809. The Morgan fingerprint density at radius 1 is 1.16 bits per heavy atom. The van der Waals surface area contributed by atoms with Crippen LogP contribution in [0.3, 0.4) is 0 Å². The second kappa shape index (κ2) is 7.14. The predicted octanol–water partition coefficient (Wildman–Crippen LogP) is 2.45. The standard InChI is InChI=1S/C18H19N3O3S/c1-11-15(25-12(2)20-11)10-19-16(22)8-5-9-21-17(23)13-6-3-4-7-14(13)18(21)24/h3-4,6-7H,5,8-10H2,1-2H3,(H,19,22). The molecular formula is C18H19N3O3S. The van der Waals surface area contributed by atoms with E-state index in [4.69, 9.17) is 0 Å². The molecule has 0 saturated heterocycles. The van der Waals surface area contributed by atoms with Crippen LogP contribution in [0.2, 0.25) is 0 Å². The van der Waals surface area contributed by atoms with Crippen molar-refractivity contribution in [1.82, 2.24) is 15.2 Å². The molecule has 0 radical (unpaired) electrons. The van der Waals surface area contributed by atoms with Crippen LogP contribution in [0.4, 0.5) is 0 Å². The zero-order valence-corrected chi connectivity index (χ0v) is 15.0. The van der Waals surface area contributed by atoms with Crippen molar-refractivity contribution < 1.29 is 14.4 Å². The summed E-state index contributed by atoms with van der Waals surface area (Å²) in [6.45, 7) is 4.57. The first kappa shape index (κ1) is 17.3. The van der Waals surface area contributed by atoms with Crippen LogP contribution < -0.4 is 5.32 Å². The molecule has 25 heavy (non-hydrogen) atoms. The largest absolute Gasteiger partial charge is 0.351 e. The van der Waals surface area contributed by atoms with Crippen LogP contribution in [0.25, 0.3) is 0 Å². The molecule has 1 aromatic carbocycles. The van der Waals surface area contributed by atoms with Crippen molar-refractivity contribution in [3.8, 4) is 0 Å². The molecule has 0 bridgehead atoms. The number of aromatic nitrogens is 1. The van der Waals surface area contributed by atoms with E-state index >= 15 is 0 Å². The highest BCUT2D eigenvalue weighted by Gasteiger charge is 2.34. The minimum atomic E-state index is -0.281. The fraction of sp³-hybridized carbons (Fsp3) is 0.333. The molecule has 2 heterocycles. The molecular weight excluding hydrogens is 338 g/mol. The van der Waals surface area contributed by atoms with E-state index in [1.54, 1.807) is 35.6 Å². The minimum absolute atomic E-state index is 0.0953. The van der Waals surface area contributed by atoms with Crippen molar-refractivity contribution in [1.29, 1.82) is 0 Å². The van der Waals surface area contributed by atoms with Gasteiger partial charge in [-0.05, 0) is 32.4 Å². The lowest BCUT2D eigenvalue weighted by Gasteiger charge is -2.13. The van der Waals surface area contributed by atoms with Crippen molar-refractivity contribution in [2.24, 2.45) is 0 Å². The SMILES string of the molecule is Cc1nc(C)c(CNC(=O)CCCN2C(=O)c3ccccc3C2=O)s1. The maximum atomic E-state index is 12.2. The molecule has 0 aliphatic carbocycles. The van der Waals surface area contributed by atoms with Gasteiger partial charge in [-0.25, -0.2) is 4.98 Å². The molecule has 0 atom stereocenters. The van der Waals surface area contributed by atoms with Crippen molar-refractivity contribution in [3.63, 3.8) is 0 Å². The maximum absolute atomic E-state index is 12.2. The third kappa shape index (κ3) is 3.61. The minimum Gasteiger partial charge on any atom is -0.351 e. The quantitative estimate of drug-likeness (QED) is 0.806. The van der Waals surface area contributed by atoms with E-state index < -0.39 is 0 Å². The second-order valence-corrected chi connectivity index (χ2v) is 7.22. The summed E-state index contributed by atoms with van der Waals surface area (Å²) in [6.07, 6.45) is 0.711. The van der Waals surface area contributed by atoms with E-state index in [1.807, 2.05) is 13.8 Å². The van der Waals surface area contributed by atoms with Gasteiger partial charge in [0.05, 0.1) is 28.4 Å². The highest BCUT2D eigenvalue weighted by Crippen LogP contribution is 2.22. The van der Waals surface area contributed by atoms with Gasteiger partial charge in [0.2, 0.25) is 5.91 Å². The zero-order valence-electron chi connectivity index (χ0n) is 14.2. The molecule has 1 aliphatic heterocycles. The molecule has 3 amide bonds. The third-order valence-electron chi connectivity index (χ3n) is 4.11. The Morgan fingerprint density at radius 2 is 1.80 bits per heavy atom. The molecule has 3 rings (SSSR count). The number of hydrogen-bond donors (Lipinski definition) is 1. The predicted molar refractivity (Wildman–Crippen MR) is 94.5 cm³/mol. The Labute approximate surface area is 149 Å². The number of rotatable bonds is 6. The molecule has 6 nitrogen and oxygen atoms in total. The topological polar surface area (TPSA) is 79.4 Å². The first-order chi connectivity index (χ1) is 12.0. The normalized spacial score (nSPS) is 13.3. The lowest BCUT2D eigenvalue weighted by Crippen LogP contribution is -2.32. The lowest BCUT2D eigenvalue weighted by molar-refractivity contribution is -0.121. The summed E-state index contributed by atoms with van der Waals surface area (Å²) in [6, 6.07) is 6.79. The van der Waals surface area contributed by atoms with Crippen LogP contribution in [0, 0.1) is 13.8 Å². The smallest absolute Gasteiger partial charge is 0.261 e. The van der Waals surface area contributed by atoms with E-state index in [1.165, 1.54) is 4.90 Å². The van der Waals surface area contributed by atoms with E-state index in [9.17, 15) is 14.4 Å². The number of carbonyl (C=O) groups excluding carboxylic acids is 3. The molecule has 0 saturated carbocycles. The van der Waals surface area contributed by atoms with E-state index in [2.05, 4.69) is 10.3 Å². The van der Waals surface area contributed by atoms with Gasteiger partial charge >= 0.3 is 0 Å². The lowest BCUT2D eigenvalue weighted by atomic mass is 10.1. The number of nitrogens with one attached hydrogen (secondary N) is 1. The van der Waals surface area contributed by atoms with Crippen molar-refractivity contribution in [2.75, 3.05) is 6.54 Å². The van der Waals surface area contributed by atoms with E-state index in [0.717, 1.165) is 15.6 Å². The van der Waals surface area contributed by atoms with E-state index in [-0.39, 0.29) is 30.7 Å². The van der Waals surface area contributed by atoms with Crippen LogP contribution in [-0.4, -0.2) is 34.2 Å². The second-order valence-electron chi connectivity index (χ2n) is 5.93. The Kier molecular flexibility index (Phi) is 4.94. The first-order valence-corrected chi connectivity index (χ1v) is 8.94. The van der Waals surface area contributed by atoms with Gasteiger partial charge in [0, 0.05) is 17.8 Å². The van der Waals surface area contributed by atoms with E-state index in [0.29, 0.717) is 24.1 Å². The van der Waals surface area contributed by atoms with Gasteiger partial charge in [-0.1, -0.05) is 12.1 Å².